The standard InChI is InChI=1S/C15H17BrN2/c1-3-12-7-4-6-11(2)15(12)17-10-13-8-5-9-14(16)18-13/h4-9,17H,3,10H2,1-2H3. The Morgan fingerprint density at radius 1 is 1.17 bits per heavy atom. The molecule has 2 nitrogen and oxygen atoms in total. The number of benzene rings is 1. The van der Waals surface area contributed by atoms with Gasteiger partial charge in [-0.15, -0.1) is 0 Å². The lowest BCUT2D eigenvalue weighted by Gasteiger charge is -2.13. The fourth-order valence-electron chi connectivity index (χ4n) is 2.00. The summed E-state index contributed by atoms with van der Waals surface area (Å²) in [7, 11) is 0. The van der Waals surface area contributed by atoms with Crippen molar-refractivity contribution in [2.75, 3.05) is 5.32 Å². The van der Waals surface area contributed by atoms with Gasteiger partial charge in [-0.2, -0.15) is 0 Å². The number of hydrogen-bond acceptors (Lipinski definition) is 2. The second-order valence-corrected chi connectivity index (χ2v) is 5.08. The van der Waals surface area contributed by atoms with Crippen molar-refractivity contribution in [2.45, 2.75) is 26.8 Å². The molecule has 2 aromatic rings. The molecular weight excluding hydrogens is 288 g/mol. The van der Waals surface area contributed by atoms with Crippen molar-refractivity contribution in [1.82, 2.24) is 4.98 Å². The Morgan fingerprint density at radius 2 is 1.94 bits per heavy atom. The van der Waals surface area contributed by atoms with E-state index in [0.717, 1.165) is 23.3 Å². The van der Waals surface area contributed by atoms with E-state index in [1.165, 1.54) is 16.8 Å². The van der Waals surface area contributed by atoms with E-state index in [9.17, 15) is 0 Å². The molecule has 0 aliphatic rings. The summed E-state index contributed by atoms with van der Waals surface area (Å²) in [6.45, 7) is 5.06. The van der Waals surface area contributed by atoms with Crippen LogP contribution in [-0.2, 0) is 13.0 Å². The smallest absolute Gasteiger partial charge is 0.106 e. The summed E-state index contributed by atoms with van der Waals surface area (Å²) in [5, 5.41) is 3.49. The molecule has 1 aromatic carbocycles. The van der Waals surface area contributed by atoms with Crippen LogP contribution in [0.4, 0.5) is 5.69 Å². The first kappa shape index (κ1) is 13.1. The van der Waals surface area contributed by atoms with E-state index < -0.39 is 0 Å². The molecule has 1 N–H and O–H groups in total. The number of nitrogens with zero attached hydrogens (tertiary/aromatic N) is 1. The summed E-state index contributed by atoms with van der Waals surface area (Å²) >= 11 is 3.39. The van der Waals surface area contributed by atoms with E-state index in [1.54, 1.807) is 0 Å². The molecule has 0 saturated heterocycles. The Balaban J connectivity index is 2.15. The molecule has 0 atom stereocenters. The van der Waals surface area contributed by atoms with Crippen LogP contribution in [0.5, 0.6) is 0 Å². The van der Waals surface area contributed by atoms with E-state index in [2.05, 4.69) is 58.3 Å². The highest BCUT2D eigenvalue weighted by atomic mass is 79.9. The van der Waals surface area contributed by atoms with Gasteiger partial charge in [-0.3, -0.25) is 0 Å². The van der Waals surface area contributed by atoms with Crippen molar-refractivity contribution in [3.63, 3.8) is 0 Å². The minimum Gasteiger partial charge on any atom is -0.379 e. The molecule has 0 bridgehead atoms. The van der Waals surface area contributed by atoms with Crippen molar-refractivity contribution >= 4 is 21.6 Å². The van der Waals surface area contributed by atoms with E-state index in [1.807, 2.05) is 18.2 Å². The number of aromatic nitrogens is 1. The molecule has 1 heterocycles. The topological polar surface area (TPSA) is 24.9 Å². The number of pyridine rings is 1. The second kappa shape index (κ2) is 6.01. The lowest BCUT2D eigenvalue weighted by molar-refractivity contribution is 1.01. The van der Waals surface area contributed by atoms with Gasteiger partial charge >= 0.3 is 0 Å². The van der Waals surface area contributed by atoms with Gasteiger partial charge in [-0.05, 0) is 52.5 Å². The van der Waals surface area contributed by atoms with Gasteiger partial charge in [0, 0.05) is 5.69 Å². The molecule has 0 aliphatic heterocycles. The normalized spacial score (nSPS) is 10.4. The first-order chi connectivity index (χ1) is 8.70. The van der Waals surface area contributed by atoms with Gasteiger partial charge in [-0.1, -0.05) is 31.2 Å². The third-order valence-electron chi connectivity index (χ3n) is 2.96. The average molecular weight is 305 g/mol. The molecular formula is C15H17BrN2. The summed E-state index contributed by atoms with van der Waals surface area (Å²) in [6, 6.07) is 12.4. The number of halogens is 1. The van der Waals surface area contributed by atoms with Crippen molar-refractivity contribution in [3.05, 3.63) is 57.8 Å². The molecule has 94 valence electrons. The van der Waals surface area contributed by atoms with Crippen LogP contribution < -0.4 is 5.32 Å². The Hall–Kier alpha value is -1.35. The Morgan fingerprint density at radius 3 is 2.67 bits per heavy atom. The van der Waals surface area contributed by atoms with E-state index in [-0.39, 0.29) is 0 Å². The van der Waals surface area contributed by atoms with E-state index >= 15 is 0 Å². The third kappa shape index (κ3) is 3.10. The summed E-state index contributed by atoms with van der Waals surface area (Å²) in [6.07, 6.45) is 1.04. The highest BCUT2D eigenvalue weighted by molar-refractivity contribution is 9.10. The van der Waals surface area contributed by atoms with Crippen LogP contribution in [0.25, 0.3) is 0 Å². The van der Waals surface area contributed by atoms with Crippen molar-refractivity contribution in [1.29, 1.82) is 0 Å². The van der Waals surface area contributed by atoms with Crippen LogP contribution in [-0.4, -0.2) is 4.98 Å². The van der Waals surface area contributed by atoms with Gasteiger partial charge in [-0.25, -0.2) is 4.98 Å². The quantitative estimate of drug-likeness (QED) is 0.851. The number of rotatable bonds is 4. The predicted molar refractivity (Wildman–Crippen MR) is 79.8 cm³/mol. The van der Waals surface area contributed by atoms with Crippen LogP contribution in [0.2, 0.25) is 0 Å². The molecule has 1 aromatic heterocycles. The third-order valence-corrected chi connectivity index (χ3v) is 3.40. The molecule has 18 heavy (non-hydrogen) atoms. The van der Waals surface area contributed by atoms with Gasteiger partial charge in [0.25, 0.3) is 0 Å². The Bertz CT molecular complexity index is 538. The Labute approximate surface area is 117 Å². The molecule has 0 radical (unpaired) electrons. The van der Waals surface area contributed by atoms with Crippen LogP contribution in [0.3, 0.4) is 0 Å². The first-order valence-electron chi connectivity index (χ1n) is 6.14. The van der Waals surface area contributed by atoms with Gasteiger partial charge in [0.15, 0.2) is 0 Å². The van der Waals surface area contributed by atoms with Crippen molar-refractivity contribution < 1.29 is 0 Å². The largest absolute Gasteiger partial charge is 0.379 e. The summed E-state index contributed by atoms with van der Waals surface area (Å²) in [5.41, 5.74) is 4.91. The molecule has 0 saturated carbocycles. The van der Waals surface area contributed by atoms with Gasteiger partial charge < -0.3 is 5.32 Å². The summed E-state index contributed by atoms with van der Waals surface area (Å²) in [4.78, 5) is 4.43. The number of para-hydroxylation sites is 1. The van der Waals surface area contributed by atoms with Crippen LogP contribution in [0.15, 0.2) is 41.0 Å². The van der Waals surface area contributed by atoms with Crippen LogP contribution in [0, 0.1) is 6.92 Å². The molecule has 0 amide bonds. The average Bonchev–Trinajstić information content (AvgIpc) is 2.37. The second-order valence-electron chi connectivity index (χ2n) is 4.27. The maximum absolute atomic E-state index is 4.43. The summed E-state index contributed by atoms with van der Waals surface area (Å²) < 4.78 is 0.877. The molecule has 0 aliphatic carbocycles. The van der Waals surface area contributed by atoms with Crippen LogP contribution >= 0.6 is 15.9 Å². The van der Waals surface area contributed by atoms with E-state index in [0.29, 0.717) is 0 Å². The minimum absolute atomic E-state index is 0.747. The minimum atomic E-state index is 0.747. The van der Waals surface area contributed by atoms with Gasteiger partial charge in [0.1, 0.15) is 4.60 Å². The number of aryl methyl sites for hydroxylation is 2. The fourth-order valence-corrected chi connectivity index (χ4v) is 2.38. The maximum atomic E-state index is 4.43. The summed E-state index contributed by atoms with van der Waals surface area (Å²) in [5.74, 6) is 0. The van der Waals surface area contributed by atoms with Gasteiger partial charge in [0.05, 0.1) is 12.2 Å². The van der Waals surface area contributed by atoms with Gasteiger partial charge in [0.2, 0.25) is 0 Å². The van der Waals surface area contributed by atoms with Crippen LogP contribution in [0.1, 0.15) is 23.7 Å². The maximum Gasteiger partial charge on any atom is 0.106 e. The highest BCUT2D eigenvalue weighted by Crippen LogP contribution is 2.21. The lowest BCUT2D eigenvalue weighted by atomic mass is 10.1. The van der Waals surface area contributed by atoms with E-state index in [4.69, 9.17) is 0 Å². The molecule has 0 spiro atoms. The first-order valence-corrected chi connectivity index (χ1v) is 6.93. The Kier molecular flexibility index (Phi) is 4.37. The number of anilines is 1. The molecule has 0 unspecified atom stereocenters. The zero-order chi connectivity index (χ0) is 13.0. The highest BCUT2D eigenvalue weighted by Gasteiger charge is 2.04. The van der Waals surface area contributed by atoms with Crippen molar-refractivity contribution in [2.24, 2.45) is 0 Å². The fraction of sp³-hybridized carbons (Fsp3) is 0.267. The monoisotopic (exact) mass is 304 g/mol. The molecule has 2 rings (SSSR count). The predicted octanol–water partition coefficient (Wildman–Crippen LogP) is 4.33. The zero-order valence-electron chi connectivity index (χ0n) is 10.7. The number of nitrogens with one attached hydrogen (secondary N) is 1. The molecule has 3 heteroatoms. The SMILES string of the molecule is CCc1cccc(C)c1NCc1cccc(Br)n1. The lowest BCUT2D eigenvalue weighted by Crippen LogP contribution is -2.05. The zero-order valence-corrected chi connectivity index (χ0v) is 12.3. The molecule has 0 fully saturated rings. The number of hydrogen-bond donors (Lipinski definition) is 1. The van der Waals surface area contributed by atoms with Crippen molar-refractivity contribution in [3.8, 4) is 0 Å².